The Morgan fingerprint density at radius 2 is 1.90 bits per heavy atom. The SMILES string of the molecule is CC(NC(c1cccs1)C1CCCC1)C1CCOCC1. The average Bonchev–Trinajstić information content (AvgIpc) is 3.19. The van der Waals surface area contributed by atoms with Crippen molar-refractivity contribution in [3.05, 3.63) is 22.4 Å². The smallest absolute Gasteiger partial charge is 0.0469 e. The molecule has 2 heterocycles. The van der Waals surface area contributed by atoms with E-state index in [1.54, 1.807) is 0 Å². The van der Waals surface area contributed by atoms with Gasteiger partial charge in [0.15, 0.2) is 0 Å². The maximum absolute atomic E-state index is 5.50. The van der Waals surface area contributed by atoms with Crippen LogP contribution < -0.4 is 5.32 Å². The molecule has 1 aliphatic heterocycles. The first-order valence-electron chi connectivity index (χ1n) is 8.22. The van der Waals surface area contributed by atoms with Crippen molar-refractivity contribution < 1.29 is 4.74 Å². The van der Waals surface area contributed by atoms with Crippen LogP contribution in [0.15, 0.2) is 17.5 Å². The van der Waals surface area contributed by atoms with Gasteiger partial charge in [-0.1, -0.05) is 18.9 Å². The second-order valence-electron chi connectivity index (χ2n) is 6.44. The van der Waals surface area contributed by atoms with Gasteiger partial charge in [0.25, 0.3) is 0 Å². The molecule has 1 N–H and O–H groups in total. The lowest BCUT2D eigenvalue weighted by Crippen LogP contribution is -2.40. The molecule has 2 nitrogen and oxygen atoms in total. The second-order valence-corrected chi connectivity index (χ2v) is 7.42. The Kier molecular flexibility index (Phi) is 5.14. The van der Waals surface area contributed by atoms with E-state index < -0.39 is 0 Å². The minimum absolute atomic E-state index is 0.579. The van der Waals surface area contributed by atoms with Gasteiger partial charge in [-0.15, -0.1) is 11.3 Å². The average molecular weight is 293 g/mol. The molecule has 0 aromatic carbocycles. The van der Waals surface area contributed by atoms with Gasteiger partial charge in [0.05, 0.1) is 0 Å². The Hall–Kier alpha value is -0.380. The van der Waals surface area contributed by atoms with Crippen LogP contribution in [0.1, 0.15) is 56.4 Å². The quantitative estimate of drug-likeness (QED) is 0.869. The summed E-state index contributed by atoms with van der Waals surface area (Å²) in [6, 6.07) is 5.70. The zero-order valence-electron chi connectivity index (χ0n) is 12.5. The van der Waals surface area contributed by atoms with E-state index in [0.29, 0.717) is 12.1 Å². The standard InChI is InChI=1S/C17H27NOS/c1-13(14-8-10-19-11-9-14)18-17(15-5-2-3-6-15)16-7-4-12-20-16/h4,7,12-15,17-18H,2-3,5-6,8-11H2,1H3. The van der Waals surface area contributed by atoms with Gasteiger partial charge < -0.3 is 10.1 Å². The van der Waals surface area contributed by atoms with Crippen molar-refractivity contribution in [2.24, 2.45) is 11.8 Å². The second kappa shape index (κ2) is 7.06. The number of rotatable bonds is 5. The fourth-order valence-corrected chi connectivity index (χ4v) is 4.72. The van der Waals surface area contributed by atoms with Crippen molar-refractivity contribution in [3.8, 4) is 0 Å². The third-order valence-electron chi connectivity index (χ3n) is 5.14. The Balaban J connectivity index is 1.66. The molecule has 0 spiro atoms. The summed E-state index contributed by atoms with van der Waals surface area (Å²) < 4.78 is 5.50. The van der Waals surface area contributed by atoms with Crippen LogP contribution in [0.2, 0.25) is 0 Å². The molecule has 0 radical (unpaired) electrons. The predicted molar refractivity (Wildman–Crippen MR) is 85.2 cm³/mol. The van der Waals surface area contributed by atoms with E-state index in [1.165, 1.54) is 43.4 Å². The van der Waals surface area contributed by atoms with Crippen LogP contribution >= 0.6 is 11.3 Å². The number of thiophene rings is 1. The Morgan fingerprint density at radius 3 is 2.55 bits per heavy atom. The van der Waals surface area contributed by atoms with Gasteiger partial charge in [0, 0.05) is 30.2 Å². The maximum atomic E-state index is 5.50. The number of hydrogen-bond donors (Lipinski definition) is 1. The molecule has 2 unspecified atom stereocenters. The van der Waals surface area contributed by atoms with Crippen LogP contribution in [0, 0.1) is 11.8 Å². The molecule has 1 aromatic rings. The molecule has 112 valence electrons. The molecule has 0 bridgehead atoms. The highest BCUT2D eigenvalue weighted by atomic mass is 32.1. The number of ether oxygens (including phenoxy) is 1. The Morgan fingerprint density at radius 1 is 1.15 bits per heavy atom. The zero-order valence-corrected chi connectivity index (χ0v) is 13.3. The first kappa shape index (κ1) is 14.6. The molecule has 20 heavy (non-hydrogen) atoms. The van der Waals surface area contributed by atoms with Crippen LogP contribution in [-0.2, 0) is 4.74 Å². The topological polar surface area (TPSA) is 21.3 Å². The summed E-state index contributed by atoms with van der Waals surface area (Å²) >= 11 is 1.92. The summed E-state index contributed by atoms with van der Waals surface area (Å²) in [4.78, 5) is 1.54. The van der Waals surface area contributed by atoms with Gasteiger partial charge in [0.1, 0.15) is 0 Å². The third kappa shape index (κ3) is 3.44. The predicted octanol–water partition coefficient (Wildman–Crippen LogP) is 4.38. The molecule has 1 aromatic heterocycles. The largest absolute Gasteiger partial charge is 0.381 e. The van der Waals surface area contributed by atoms with E-state index in [0.717, 1.165) is 25.0 Å². The first-order chi connectivity index (χ1) is 9.84. The normalized spacial score (nSPS) is 24.9. The highest BCUT2D eigenvalue weighted by Gasteiger charge is 2.30. The molecule has 0 amide bonds. The van der Waals surface area contributed by atoms with Crippen LogP contribution in [0.3, 0.4) is 0 Å². The maximum Gasteiger partial charge on any atom is 0.0469 e. The first-order valence-corrected chi connectivity index (χ1v) is 9.10. The summed E-state index contributed by atoms with van der Waals surface area (Å²) in [7, 11) is 0. The molecule has 3 heteroatoms. The molecule has 1 saturated carbocycles. The molecular formula is C17H27NOS. The lowest BCUT2D eigenvalue weighted by atomic mass is 9.90. The van der Waals surface area contributed by atoms with Crippen molar-refractivity contribution in [2.75, 3.05) is 13.2 Å². The molecule has 2 fully saturated rings. The van der Waals surface area contributed by atoms with E-state index in [-0.39, 0.29) is 0 Å². The van der Waals surface area contributed by atoms with Crippen LogP contribution in [0.5, 0.6) is 0 Å². The molecule has 2 atom stereocenters. The molecule has 2 aliphatic rings. The number of nitrogens with one attached hydrogen (secondary N) is 1. The van der Waals surface area contributed by atoms with E-state index in [4.69, 9.17) is 4.74 Å². The van der Waals surface area contributed by atoms with Gasteiger partial charge in [-0.3, -0.25) is 0 Å². The molecule has 1 aliphatic carbocycles. The minimum atomic E-state index is 0.579. The van der Waals surface area contributed by atoms with Crippen LogP contribution in [0.4, 0.5) is 0 Å². The van der Waals surface area contributed by atoms with Gasteiger partial charge in [0.2, 0.25) is 0 Å². The van der Waals surface area contributed by atoms with Crippen molar-refractivity contribution >= 4 is 11.3 Å². The Labute approximate surface area is 126 Å². The van der Waals surface area contributed by atoms with E-state index in [9.17, 15) is 0 Å². The highest BCUT2D eigenvalue weighted by molar-refractivity contribution is 7.10. The van der Waals surface area contributed by atoms with E-state index in [1.807, 2.05) is 11.3 Å². The highest BCUT2D eigenvalue weighted by Crippen LogP contribution is 2.38. The monoisotopic (exact) mass is 293 g/mol. The minimum Gasteiger partial charge on any atom is -0.381 e. The van der Waals surface area contributed by atoms with Crippen LogP contribution in [-0.4, -0.2) is 19.3 Å². The zero-order chi connectivity index (χ0) is 13.8. The van der Waals surface area contributed by atoms with Crippen LogP contribution in [0.25, 0.3) is 0 Å². The van der Waals surface area contributed by atoms with Crippen molar-refractivity contribution in [2.45, 2.75) is 57.5 Å². The lowest BCUT2D eigenvalue weighted by Gasteiger charge is -2.33. The summed E-state index contributed by atoms with van der Waals surface area (Å²) in [6.07, 6.45) is 8.07. The Bertz CT molecular complexity index is 380. The summed E-state index contributed by atoms with van der Waals surface area (Å²) in [5.74, 6) is 1.63. The summed E-state index contributed by atoms with van der Waals surface area (Å²) in [6.45, 7) is 4.28. The van der Waals surface area contributed by atoms with Crippen molar-refractivity contribution in [1.29, 1.82) is 0 Å². The number of hydrogen-bond acceptors (Lipinski definition) is 3. The van der Waals surface area contributed by atoms with Gasteiger partial charge >= 0.3 is 0 Å². The lowest BCUT2D eigenvalue weighted by molar-refractivity contribution is 0.0532. The fraction of sp³-hybridized carbons (Fsp3) is 0.765. The van der Waals surface area contributed by atoms with Crippen molar-refractivity contribution in [3.63, 3.8) is 0 Å². The summed E-state index contributed by atoms with van der Waals surface area (Å²) in [5, 5.41) is 6.21. The van der Waals surface area contributed by atoms with Crippen molar-refractivity contribution in [1.82, 2.24) is 5.32 Å². The van der Waals surface area contributed by atoms with E-state index >= 15 is 0 Å². The fourth-order valence-electron chi connectivity index (χ4n) is 3.84. The van der Waals surface area contributed by atoms with E-state index in [2.05, 4.69) is 29.8 Å². The third-order valence-corrected chi connectivity index (χ3v) is 6.09. The molecule has 1 saturated heterocycles. The molecule has 3 rings (SSSR count). The van der Waals surface area contributed by atoms with Gasteiger partial charge in [-0.2, -0.15) is 0 Å². The molecular weight excluding hydrogens is 266 g/mol. The summed E-state index contributed by atoms with van der Waals surface area (Å²) in [5.41, 5.74) is 0. The van der Waals surface area contributed by atoms with Gasteiger partial charge in [-0.25, -0.2) is 0 Å². The van der Waals surface area contributed by atoms with Gasteiger partial charge in [-0.05, 0) is 55.9 Å².